The van der Waals surface area contributed by atoms with Crippen molar-refractivity contribution in [3.05, 3.63) is 30.1 Å². The summed E-state index contributed by atoms with van der Waals surface area (Å²) in [5, 5.41) is 20.1. The predicted molar refractivity (Wildman–Crippen MR) is 74.5 cm³/mol. The van der Waals surface area contributed by atoms with Crippen molar-refractivity contribution >= 4 is 22.7 Å². The van der Waals surface area contributed by atoms with Gasteiger partial charge in [-0.2, -0.15) is 5.26 Å². The monoisotopic (exact) mass is 324 g/mol. The zero-order valence-electron chi connectivity index (χ0n) is 12.9. The van der Waals surface area contributed by atoms with Crippen LogP contribution in [0.2, 0.25) is 0 Å². The summed E-state index contributed by atoms with van der Waals surface area (Å²) in [6.45, 7) is -0.718. The predicted octanol–water partition coefficient (Wildman–Crippen LogP) is -2.28. The van der Waals surface area contributed by atoms with E-state index < -0.39 is 30.8 Å². The first-order chi connectivity index (χ1) is 10.9. The standard InChI is InChI=1S/C15H12F2N4O2.Li/c16-15(17)5-10(14(22)23)7-21(8-15)11-2-1-9(6-18)12-13(11)20-4-3-19-12;/h1-4,10H,5,7-8H2,(H,22,23);/q;+1/p-1. The van der Waals surface area contributed by atoms with E-state index in [4.69, 9.17) is 5.26 Å². The van der Waals surface area contributed by atoms with Crippen molar-refractivity contribution in [1.82, 2.24) is 9.97 Å². The maximum Gasteiger partial charge on any atom is 1.00 e. The number of aromatic nitrogens is 2. The Morgan fingerprint density at radius 2 is 2.00 bits per heavy atom. The van der Waals surface area contributed by atoms with Gasteiger partial charge in [-0.05, 0) is 12.1 Å². The van der Waals surface area contributed by atoms with Crippen LogP contribution in [0.15, 0.2) is 24.5 Å². The fourth-order valence-electron chi connectivity index (χ4n) is 2.83. The summed E-state index contributed by atoms with van der Waals surface area (Å²) in [7, 11) is 0. The van der Waals surface area contributed by atoms with E-state index in [9.17, 15) is 18.7 Å². The van der Waals surface area contributed by atoms with E-state index in [1.165, 1.54) is 29.4 Å². The molecular weight excluding hydrogens is 313 g/mol. The number of carbonyl (C=O) groups is 1. The third-order valence-corrected chi connectivity index (χ3v) is 3.81. The molecule has 118 valence electrons. The van der Waals surface area contributed by atoms with Crippen LogP contribution in [0.1, 0.15) is 12.0 Å². The van der Waals surface area contributed by atoms with Gasteiger partial charge in [-0.25, -0.2) is 8.78 Å². The number of carboxylic acid groups (broad SMARTS) is 1. The van der Waals surface area contributed by atoms with Crippen LogP contribution >= 0.6 is 0 Å². The second-order valence-corrected chi connectivity index (χ2v) is 5.45. The summed E-state index contributed by atoms with van der Waals surface area (Å²) < 4.78 is 27.7. The number of hydrogen-bond acceptors (Lipinski definition) is 6. The quantitative estimate of drug-likeness (QED) is 0.578. The van der Waals surface area contributed by atoms with Crippen LogP contribution in [0.25, 0.3) is 11.0 Å². The number of anilines is 1. The summed E-state index contributed by atoms with van der Waals surface area (Å²) in [6, 6.07) is 4.92. The van der Waals surface area contributed by atoms with Gasteiger partial charge >= 0.3 is 18.9 Å². The Morgan fingerprint density at radius 1 is 1.33 bits per heavy atom. The zero-order valence-corrected chi connectivity index (χ0v) is 12.9. The smallest absolute Gasteiger partial charge is 0.550 e. The van der Waals surface area contributed by atoms with E-state index in [-0.39, 0.29) is 31.0 Å². The van der Waals surface area contributed by atoms with Crippen molar-refractivity contribution in [3.63, 3.8) is 0 Å². The number of fused-ring (bicyclic) bond motifs is 1. The first-order valence-electron chi connectivity index (χ1n) is 6.89. The molecule has 1 aliphatic heterocycles. The van der Waals surface area contributed by atoms with Gasteiger partial charge in [0.05, 0.1) is 17.8 Å². The SMILES string of the molecule is N#Cc1ccc(N2CC(C(=O)[O-])CC(F)(F)C2)c2nccnc12.[Li+]. The Kier molecular flexibility index (Phi) is 5.07. The molecule has 1 atom stereocenters. The van der Waals surface area contributed by atoms with E-state index in [2.05, 4.69) is 9.97 Å². The molecule has 24 heavy (non-hydrogen) atoms. The second kappa shape index (κ2) is 6.72. The molecule has 2 heterocycles. The molecule has 1 aromatic carbocycles. The van der Waals surface area contributed by atoms with Crippen molar-refractivity contribution < 1.29 is 37.5 Å². The van der Waals surface area contributed by atoms with Crippen molar-refractivity contribution in [2.75, 3.05) is 18.0 Å². The first-order valence-corrected chi connectivity index (χ1v) is 6.89. The molecule has 0 bridgehead atoms. The van der Waals surface area contributed by atoms with Crippen LogP contribution < -0.4 is 28.9 Å². The Hall–Kier alpha value is -2.22. The van der Waals surface area contributed by atoms with Gasteiger partial charge in [-0.1, -0.05) is 0 Å². The molecule has 0 saturated carbocycles. The van der Waals surface area contributed by atoms with Crippen LogP contribution in [0.4, 0.5) is 14.5 Å². The number of piperidine rings is 1. The van der Waals surface area contributed by atoms with E-state index in [0.29, 0.717) is 16.7 Å². The van der Waals surface area contributed by atoms with Gasteiger partial charge in [-0.15, -0.1) is 0 Å². The molecule has 3 rings (SSSR count). The normalized spacial score (nSPS) is 19.4. The first kappa shape index (κ1) is 18.1. The van der Waals surface area contributed by atoms with Crippen molar-refractivity contribution in [2.45, 2.75) is 12.3 Å². The molecule has 0 spiro atoms. The minimum Gasteiger partial charge on any atom is -0.550 e. The largest absolute Gasteiger partial charge is 1.00 e. The molecule has 1 fully saturated rings. The van der Waals surface area contributed by atoms with E-state index in [0.717, 1.165) is 0 Å². The van der Waals surface area contributed by atoms with Crippen LogP contribution in [0.5, 0.6) is 0 Å². The molecule has 1 saturated heterocycles. The maximum atomic E-state index is 13.9. The number of nitrogens with zero attached hydrogens (tertiary/aromatic N) is 4. The number of rotatable bonds is 2. The summed E-state index contributed by atoms with van der Waals surface area (Å²) in [5.41, 5.74) is 1.20. The molecular formula is C15H11F2LiN4O2. The molecule has 0 N–H and O–H groups in total. The van der Waals surface area contributed by atoms with Crippen LogP contribution in [-0.2, 0) is 4.79 Å². The number of aliphatic carboxylic acids is 1. The van der Waals surface area contributed by atoms with Crippen molar-refractivity contribution in [1.29, 1.82) is 5.26 Å². The number of carbonyl (C=O) groups excluding carboxylic acids is 1. The van der Waals surface area contributed by atoms with Gasteiger partial charge < -0.3 is 14.8 Å². The minimum absolute atomic E-state index is 0. The number of hydrogen-bond donors (Lipinski definition) is 0. The summed E-state index contributed by atoms with van der Waals surface area (Å²) >= 11 is 0. The van der Waals surface area contributed by atoms with Crippen LogP contribution in [0.3, 0.4) is 0 Å². The summed E-state index contributed by atoms with van der Waals surface area (Å²) in [4.78, 5) is 20.5. The summed E-state index contributed by atoms with van der Waals surface area (Å²) in [5.74, 6) is -5.93. The minimum atomic E-state index is -3.15. The Labute approximate surface area is 148 Å². The summed E-state index contributed by atoms with van der Waals surface area (Å²) in [6.07, 6.45) is 2.05. The maximum absolute atomic E-state index is 13.9. The number of halogens is 2. The van der Waals surface area contributed by atoms with Gasteiger partial charge in [0.25, 0.3) is 5.92 Å². The Morgan fingerprint density at radius 3 is 2.62 bits per heavy atom. The van der Waals surface area contributed by atoms with Crippen molar-refractivity contribution in [2.24, 2.45) is 5.92 Å². The Bertz CT molecular complexity index is 825. The van der Waals surface area contributed by atoms with Gasteiger partial charge in [0.2, 0.25) is 0 Å². The molecule has 1 unspecified atom stereocenters. The number of benzene rings is 1. The third-order valence-electron chi connectivity index (χ3n) is 3.81. The van der Waals surface area contributed by atoms with Gasteiger partial charge in [0, 0.05) is 37.2 Å². The topological polar surface area (TPSA) is 92.9 Å². The molecule has 2 aromatic rings. The zero-order chi connectivity index (χ0) is 16.6. The molecule has 1 aliphatic rings. The van der Waals surface area contributed by atoms with Gasteiger partial charge in [0.15, 0.2) is 0 Å². The number of nitriles is 1. The fourth-order valence-corrected chi connectivity index (χ4v) is 2.83. The molecule has 0 aliphatic carbocycles. The van der Waals surface area contributed by atoms with Crippen LogP contribution in [0, 0.1) is 17.2 Å². The van der Waals surface area contributed by atoms with Crippen LogP contribution in [-0.4, -0.2) is 34.9 Å². The number of alkyl halides is 2. The molecule has 6 nitrogen and oxygen atoms in total. The number of carboxylic acids is 1. The second-order valence-electron chi connectivity index (χ2n) is 5.45. The van der Waals surface area contributed by atoms with Gasteiger partial charge in [0.1, 0.15) is 17.1 Å². The average Bonchev–Trinajstić information content (AvgIpc) is 2.52. The molecule has 1 aromatic heterocycles. The van der Waals surface area contributed by atoms with Gasteiger partial charge in [-0.3, -0.25) is 9.97 Å². The van der Waals surface area contributed by atoms with E-state index in [1.54, 1.807) is 0 Å². The van der Waals surface area contributed by atoms with E-state index in [1.807, 2.05) is 6.07 Å². The molecule has 0 radical (unpaired) electrons. The molecule has 0 amide bonds. The molecule has 9 heteroatoms. The fraction of sp³-hybridized carbons (Fsp3) is 0.333. The average molecular weight is 324 g/mol. The van der Waals surface area contributed by atoms with E-state index >= 15 is 0 Å². The Balaban J connectivity index is 0.00000208. The van der Waals surface area contributed by atoms with Crippen molar-refractivity contribution in [3.8, 4) is 6.07 Å². The third kappa shape index (κ3) is 3.33.